The summed E-state index contributed by atoms with van der Waals surface area (Å²) in [6.07, 6.45) is 4.12. The van der Waals surface area contributed by atoms with Gasteiger partial charge in [0.15, 0.2) is 0 Å². The van der Waals surface area contributed by atoms with E-state index in [1.807, 2.05) is 18.2 Å². The molecule has 0 fully saturated rings. The number of methoxy groups -OCH3 is 1. The van der Waals surface area contributed by atoms with Gasteiger partial charge in [0, 0.05) is 12.7 Å². The average Bonchev–Trinajstić information content (AvgIpc) is 2.41. The van der Waals surface area contributed by atoms with Crippen LogP contribution in [-0.2, 0) is 6.42 Å². The molecule has 0 aliphatic rings. The molecule has 0 unspecified atom stereocenters. The van der Waals surface area contributed by atoms with Crippen LogP contribution in [-0.4, -0.2) is 23.6 Å². The first-order valence-electron chi connectivity index (χ1n) is 5.62. The number of para-hydroxylation sites is 1. The number of nitrogens with one attached hydrogen (secondary N) is 1. The van der Waals surface area contributed by atoms with Crippen LogP contribution < -0.4 is 10.1 Å². The second kappa shape index (κ2) is 6.35. The second-order valence-electron chi connectivity index (χ2n) is 3.71. The van der Waals surface area contributed by atoms with Crippen molar-refractivity contribution in [2.45, 2.75) is 6.42 Å². The van der Waals surface area contributed by atoms with Crippen molar-refractivity contribution >= 4 is 21.7 Å². The molecule has 1 heterocycles. The molecule has 0 bridgehead atoms. The van der Waals surface area contributed by atoms with Crippen LogP contribution in [0.3, 0.4) is 0 Å². The van der Waals surface area contributed by atoms with Crippen molar-refractivity contribution in [1.29, 1.82) is 0 Å². The monoisotopic (exact) mass is 307 g/mol. The Bertz CT molecular complexity index is 519. The van der Waals surface area contributed by atoms with Gasteiger partial charge in [-0.1, -0.05) is 18.2 Å². The number of hydrogen-bond donors (Lipinski definition) is 1. The lowest BCUT2D eigenvalue weighted by Gasteiger charge is -2.09. The SMILES string of the molecule is COc1ccccc1CCNc1ncncc1Br. The first-order valence-corrected chi connectivity index (χ1v) is 6.42. The number of rotatable bonds is 5. The van der Waals surface area contributed by atoms with Crippen molar-refractivity contribution in [3.8, 4) is 5.75 Å². The lowest BCUT2D eigenvalue weighted by atomic mass is 10.1. The standard InChI is InChI=1S/C13H14BrN3O/c1-18-12-5-3-2-4-10(12)6-7-16-13-11(14)8-15-9-17-13/h2-5,8-9H,6-7H2,1H3,(H,15,16,17). The van der Waals surface area contributed by atoms with E-state index in [1.54, 1.807) is 13.3 Å². The van der Waals surface area contributed by atoms with Crippen molar-refractivity contribution in [1.82, 2.24) is 9.97 Å². The highest BCUT2D eigenvalue weighted by Gasteiger charge is 2.03. The number of aromatic nitrogens is 2. The molecule has 0 saturated carbocycles. The molecule has 0 aliphatic heterocycles. The van der Waals surface area contributed by atoms with Gasteiger partial charge in [-0.3, -0.25) is 0 Å². The van der Waals surface area contributed by atoms with E-state index < -0.39 is 0 Å². The molecule has 0 amide bonds. The maximum absolute atomic E-state index is 5.31. The van der Waals surface area contributed by atoms with Crippen LogP contribution in [0.25, 0.3) is 0 Å². The van der Waals surface area contributed by atoms with E-state index in [9.17, 15) is 0 Å². The average molecular weight is 308 g/mol. The number of hydrogen-bond acceptors (Lipinski definition) is 4. The van der Waals surface area contributed by atoms with E-state index in [2.05, 4.69) is 37.3 Å². The van der Waals surface area contributed by atoms with Crippen molar-refractivity contribution in [2.24, 2.45) is 0 Å². The van der Waals surface area contributed by atoms with Gasteiger partial charge >= 0.3 is 0 Å². The van der Waals surface area contributed by atoms with Gasteiger partial charge in [0.1, 0.15) is 17.9 Å². The maximum atomic E-state index is 5.31. The zero-order valence-corrected chi connectivity index (χ0v) is 11.6. The van der Waals surface area contributed by atoms with Crippen LogP contribution in [0.5, 0.6) is 5.75 Å². The molecule has 1 N–H and O–H groups in total. The van der Waals surface area contributed by atoms with E-state index in [0.29, 0.717) is 0 Å². The summed E-state index contributed by atoms with van der Waals surface area (Å²) < 4.78 is 6.17. The van der Waals surface area contributed by atoms with Crippen molar-refractivity contribution in [2.75, 3.05) is 19.0 Å². The van der Waals surface area contributed by atoms with Crippen molar-refractivity contribution in [3.63, 3.8) is 0 Å². The van der Waals surface area contributed by atoms with Gasteiger partial charge in [-0.05, 0) is 34.0 Å². The molecule has 2 aromatic rings. The van der Waals surface area contributed by atoms with Crippen LogP contribution in [0.1, 0.15) is 5.56 Å². The summed E-state index contributed by atoms with van der Waals surface area (Å²) in [6.45, 7) is 0.788. The topological polar surface area (TPSA) is 47.0 Å². The van der Waals surface area contributed by atoms with Gasteiger partial charge in [-0.15, -0.1) is 0 Å². The van der Waals surface area contributed by atoms with Crippen molar-refractivity contribution < 1.29 is 4.74 Å². The van der Waals surface area contributed by atoms with Crippen molar-refractivity contribution in [3.05, 3.63) is 46.8 Å². The van der Waals surface area contributed by atoms with Gasteiger partial charge in [0.05, 0.1) is 11.6 Å². The third-order valence-corrected chi connectivity index (χ3v) is 3.13. The fraction of sp³-hybridized carbons (Fsp3) is 0.231. The molecular weight excluding hydrogens is 294 g/mol. The Morgan fingerprint density at radius 2 is 2.17 bits per heavy atom. The molecule has 4 nitrogen and oxygen atoms in total. The Balaban J connectivity index is 1.95. The summed E-state index contributed by atoms with van der Waals surface area (Å²) >= 11 is 3.40. The van der Waals surface area contributed by atoms with E-state index in [0.717, 1.165) is 29.0 Å². The highest BCUT2D eigenvalue weighted by molar-refractivity contribution is 9.10. The van der Waals surface area contributed by atoms with Crippen LogP contribution in [0.15, 0.2) is 41.3 Å². The molecule has 0 radical (unpaired) electrons. The fourth-order valence-electron chi connectivity index (χ4n) is 1.67. The number of benzene rings is 1. The predicted molar refractivity (Wildman–Crippen MR) is 74.9 cm³/mol. The minimum absolute atomic E-state index is 0.788. The second-order valence-corrected chi connectivity index (χ2v) is 4.56. The Kier molecular flexibility index (Phi) is 4.52. The molecule has 2 rings (SSSR count). The highest BCUT2D eigenvalue weighted by Crippen LogP contribution is 2.19. The predicted octanol–water partition coefficient (Wildman–Crippen LogP) is 2.90. The van der Waals surface area contributed by atoms with Gasteiger partial charge < -0.3 is 10.1 Å². The fourth-order valence-corrected chi connectivity index (χ4v) is 2.03. The van der Waals surface area contributed by atoms with Crippen LogP contribution in [0.2, 0.25) is 0 Å². The number of anilines is 1. The first kappa shape index (κ1) is 12.8. The van der Waals surface area contributed by atoms with E-state index in [1.165, 1.54) is 11.9 Å². The molecule has 1 aromatic carbocycles. The van der Waals surface area contributed by atoms with E-state index >= 15 is 0 Å². The smallest absolute Gasteiger partial charge is 0.143 e. The Morgan fingerprint density at radius 1 is 1.33 bits per heavy atom. The van der Waals surface area contributed by atoms with Gasteiger partial charge in [0.25, 0.3) is 0 Å². The number of nitrogens with zero attached hydrogens (tertiary/aromatic N) is 2. The number of halogens is 1. The largest absolute Gasteiger partial charge is 0.496 e. The van der Waals surface area contributed by atoms with Gasteiger partial charge in [-0.2, -0.15) is 0 Å². The normalized spacial score (nSPS) is 10.1. The Labute approximate surface area is 115 Å². The molecule has 5 heteroatoms. The summed E-state index contributed by atoms with van der Waals surface area (Å²) in [5, 5.41) is 3.26. The molecule has 94 valence electrons. The molecular formula is C13H14BrN3O. The summed E-state index contributed by atoms with van der Waals surface area (Å²) in [7, 11) is 1.69. The molecule has 18 heavy (non-hydrogen) atoms. The third kappa shape index (κ3) is 3.20. The first-order chi connectivity index (χ1) is 8.81. The van der Waals surface area contributed by atoms with Crippen LogP contribution in [0.4, 0.5) is 5.82 Å². The molecule has 0 spiro atoms. The summed E-state index contributed by atoms with van der Waals surface area (Å²) in [5.74, 6) is 1.72. The summed E-state index contributed by atoms with van der Waals surface area (Å²) in [6, 6.07) is 8.01. The van der Waals surface area contributed by atoms with E-state index in [4.69, 9.17) is 4.74 Å². The minimum atomic E-state index is 0.788. The quantitative estimate of drug-likeness (QED) is 0.922. The zero-order valence-electron chi connectivity index (χ0n) is 10.1. The molecule has 0 saturated heterocycles. The zero-order chi connectivity index (χ0) is 12.8. The molecule has 1 aromatic heterocycles. The summed E-state index contributed by atoms with van der Waals surface area (Å²) in [5.41, 5.74) is 1.18. The van der Waals surface area contributed by atoms with E-state index in [-0.39, 0.29) is 0 Å². The minimum Gasteiger partial charge on any atom is -0.496 e. The van der Waals surface area contributed by atoms with Gasteiger partial charge in [0.2, 0.25) is 0 Å². The van der Waals surface area contributed by atoms with Crippen LogP contribution in [0, 0.1) is 0 Å². The lowest BCUT2D eigenvalue weighted by molar-refractivity contribution is 0.410. The third-order valence-electron chi connectivity index (χ3n) is 2.55. The highest BCUT2D eigenvalue weighted by atomic mass is 79.9. The Hall–Kier alpha value is -1.62. The Morgan fingerprint density at radius 3 is 2.94 bits per heavy atom. The molecule has 0 atom stereocenters. The maximum Gasteiger partial charge on any atom is 0.143 e. The van der Waals surface area contributed by atoms with Crippen LogP contribution >= 0.6 is 15.9 Å². The molecule has 0 aliphatic carbocycles. The number of ether oxygens (including phenoxy) is 1. The summed E-state index contributed by atoms with van der Waals surface area (Å²) in [4.78, 5) is 8.07. The lowest BCUT2D eigenvalue weighted by Crippen LogP contribution is -2.07. The van der Waals surface area contributed by atoms with Gasteiger partial charge in [-0.25, -0.2) is 9.97 Å².